The highest BCUT2D eigenvalue weighted by Crippen LogP contribution is 2.31. The molecule has 3 rings (SSSR count). The van der Waals surface area contributed by atoms with E-state index in [4.69, 9.17) is 15.2 Å². The fourth-order valence-corrected chi connectivity index (χ4v) is 2.69. The standard InChI is InChI=1S/C15H21N5O4/c1-2-3-4-12(22)23-6-10-9(21)5-11(24-10)20-8-19-13-14(16)17-7-18-15(13)20/h7-11,21H,2-6H2,1H3,(H2,16,17,18)/t9-,10+,11+/m0/s1. The Balaban J connectivity index is 1.65. The predicted octanol–water partition coefficient (Wildman–Crippen LogP) is 0.790. The molecule has 9 heteroatoms. The molecule has 0 bridgehead atoms. The third-order valence-electron chi connectivity index (χ3n) is 4.04. The summed E-state index contributed by atoms with van der Waals surface area (Å²) in [4.78, 5) is 23.8. The van der Waals surface area contributed by atoms with Crippen molar-refractivity contribution in [2.75, 3.05) is 12.3 Å². The normalized spacial score (nSPS) is 23.7. The highest BCUT2D eigenvalue weighted by Gasteiger charge is 2.36. The number of hydrogen-bond acceptors (Lipinski definition) is 8. The van der Waals surface area contributed by atoms with Crippen LogP contribution in [0.4, 0.5) is 5.82 Å². The maximum absolute atomic E-state index is 11.6. The van der Waals surface area contributed by atoms with Crippen molar-refractivity contribution in [2.45, 2.75) is 51.0 Å². The second kappa shape index (κ2) is 7.10. The number of hydrogen-bond donors (Lipinski definition) is 2. The Bertz CT molecular complexity index is 719. The molecule has 3 N–H and O–H groups in total. The topological polar surface area (TPSA) is 125 Å². The Morgan fingerprint density at radius 1 is 1.50 bits per heavy atom. The first-order valence-electron chi connectivity index (χ1n) is 8.02. The van der Waals surface area contributed by atoms with Crippen molar-refractivity contribution in [3.8, 4) is 0 Å². The summed E-state index contributed by atoms with van der Waals surface area (Å²) in [6.07, 6.45) is 3.62. The summed E-state index contributed by atoms with van der Waals surface area (Å²) in [5.41, 5.74) is 6.80. The van der Waals surface area contributed by atoms with E-state index in [1.807, 2.05) is 6.92 Å². The van der Waals surface area contributed by atoms with Crippen LogP contribution in [0, 0.1) is 0 Å². The highest BCUT2D eigenvalue weighted by molar-refractivity contribution is 5.81. The minimum atomic E-state index is -0.731. The number of anilines is 1. The van der Waals surface area contributed by atoms with Crippen LogP contribution in [0.15, 0.2) is 12.7 Å². The average Bonchev–Trinajstić information content (AvgIpc) is 3.15. The summed E-state index contributed by atoms with van der Waals surface area (Å²) >= 11 is 0. The summed E-state index contributed by atoms with van der Waals surface area (Å²) in [5.74, 6) is 0.0170. The van der Waals surface area contributed by atoms with Gasteiger partial charge in [0.05, 0.1) is 12.4 Å². The van der Waals surface area contributed by atoms with Gasteiger partial charge in [0.2, 0.25) is 0 Å². The molecule has 1 saturated heterocycles. The van der Waals surface area contributed by atoms with Crippen molar-refractivity contribution in [3.63, 3.8) is 0 Å². The largest absolute Gasteiger partial charge is 0.463 e. The van der Waals surface area contributed by atoms with Gasteiger partial charge in [-0.2, -0.15) is 0 Å². The molecular weight excluding hydrogens is 314 g/mol. The van der Waals surface area contributed by atoms with E-state index >= 15 is 0 Å². The number of nitrogen functional groups attached to an aromatic ring is 1. The Kier molecular flexibility index (Phi) is 4.91. The lowest BCUT2D eigenvalue weighted by molar-refractivity contribution is -0.150. The van der Waals surface area contributed by atoms with Crippen LogP contribution >= 0.6 is 0 Å². The first-order valence-corrected chi connectivity index (χ1v) is 8.02. The second-order valence-corrected chi connectivity index (χ2v) is 5.80. The van der Waals surface area contributed by atoms with Crippen molar-refractivity contribution in [2.24, 2.45) is 0 Å². The number of imidazole rings is 1. The Labute approximate surface area is 138 Å². The molecule has 3 heterocycles. The Morgan fingerprint density at radius 3 is 3.12 bits per heavy atom. The summed E-state index contributed by atoms with van der Waals surface area (Å²) in [6.45, 7) is 2.04. The highest BCUT2D eigenvalue weighted by atomic mass is 16.6. The number of aliphatic hydroxyl groups is 1. The molecule has 0 spiro atoms. The van der Waals surface area contributed by atoms with Crippen LogP contribution in [0.1, 0.15) is 38.8 Å². The van der Waals surface area contributed by atoms with Gasteiger partial charge in [0.1, 0.15) is 30.8 Å². The van der Waals surface area contributed by atoms with E-state index in [0.717, 1.165) is 12.8 Å². The van der Waals surface area contributed by atoms with E-state index in [2.05, 4.69) is 15.0 Å². The molecule has 0 unspecified atom stereocenters. The van der Waals surface area contributed by atoms with E-state index in [9.17, 15) is 9.90 Å². The van der Waals surface area contributed by atoms with Gasteiger partial charge in [-0.05, 0) is 6.42 Å². The number of ether oxygens (including phenoxy) is 2. The van der Waals surface area contributed by atoms with E-state index < -0.39 is 18.4 Å². The van der Waals surface area contributed by atoms with Crippen LogP contribution < -0.4 is 5.73 Å². The minimum absolute atomic E-state index is 0.0317. The molecule has 3 atom stereocenters. The molecule has 0 aromatic carbocycles. The van der Waals surface area contributed by atoms with Gasteiger partial charge in [0.25, 0.3) is 0 Å². The molecule has 1 aliphatic heterocycles. The van der Waals surface area contributed by atoms with Gasteiger partial charge in [-0.1, -0.05) is 13.3 Å². The number of carbonyl (C=O) groups excluding carboxylic acids is 1. The van der Waals surface area contributed by atoms with Crippen molar-refractivity contribution >= 4 is 23.0 Å². The molecule has 2 aromatic heterocycles. The molecule has 0 amide bonds. The molecule has 130 valence electrons. The molecular formula is C15H21N5O4. The molecule has 2 aromatic rings. The maximum Gasteiger partial charge on any atom is 0.305 e. The molecule has 1 aliphatic rings. The lowest BCUT2D eigenvalue weighted by Gasteiger charge is -2.15. The number of aromatic nitrogens is 4. The van der Waals surface area contributed by atoms with Gasteiger partial charge in [-0.15, -0.1) is 0 Å². The first kappa shape index (κ1) is 16.6. The van der Waals surface area contributed by atoms with E-state index in [1.54, 1.807) is 10.9 Å². The zero-order valence-corrected chi connectivity index (χ0v) is 13.5. The van der Waals surface area contributed by atoms with E-state index in [0.29, 0.717) is 29.8 Å². The zero-order valence-electron chi connectivity index (χ0n) is 13.5. The van der Waals surface area contributed by atoms with Crippen LogP contribution in [0.5, 0.6) is 0 Å². The quantitative estimate of drug-likeness (QED) is 0.742. The van der Waals surface area contributed by atoms with Crippen molar-refractivity contribution in [1.82, 2.24) is 19.5 Å². The molecule has 0 radical (unpaired) electrons. The predicted molar refractivity (Wildman–Crippen MR) is 84.8 cm³/mol. The molecule has 9 nitrogen and oxygen atoms in total. The molecule has 24 heavy (non-hydrogen) atoms. The minimum Gasteiger partial charge on any atom is -0.463 e. The van der Waals surface area contributed by atoms with Crippen LogP contribution in [0.25, 0.3) is 11.2 Å². The molecule has 0 saturated carbocycles. The number of unbranched alkanes of at least 4 members (excludes halogenated alkanes) is 1. The van der Waals surface area contributed by atoms with Crippen molar-refractivity contribution in [1.29, 1.82) is 0 Å². The zero-order chi connectivity index (χ0) is 17.1. The lowest BCUT2D eigenvalue weighted by Crippen LogP contribution is -2.27. The van der Waals surface area contributed by atoms with E-state index in [1.165, 1.54) is 6.33 Å². The third-order valence-corrected chi connectivity index (χ3v) is 4.04. The number of nitrogens with zero attached hydrogens (tertiary/aromatic N) is 4. The number of rotatable bonds is 6. The molecule has 0 aliphatic carbocycles. The Hall–Kier alpha value is -2.26. The van der Waals surface area contributed by atoms with Crippen molar-refractivity contribution in [3.05, 3.63) is 12.7 Å². The van der Waals surface area contributed by atoms with Gasteiger partial charge in [0, 0.05) is 12.8 Å². The Morgan fingerprint density at radius 2 is 2.33 bits per heavy atom. The molecule has 1 fully saturated rings. The van der Waals surface area contributed by atoms with Gasteiger partial charge < -0.3 is 20.3 Å². The SMILES string of the molecule is CCCCC(=O)OC[C@H]1O[C@@H](n2cnc3c(N)ncnc32)C[C@@H]1O. The van der Waals surface area contributed by atoms with Crippen LogP contribution in [-0.2, 0) is 14.3 Å². The fraction of sp³-hybridized carbons (Fsp3) is 0.600. The van der Waals surface area contributed by atoms with Crippen LogP contribution in [0.2, 0.25) is 0 Å². The summed E-state index contributed by atoms with van der Waals surface area (Å²) in [6, 6.07) is 0. The first-order chi connectivity index (χ1) is 11.6. The number of fused-ring (bicyclic) bond motifs is 1. The number of nitrogens with two attached hydrogens (primary N) is 1. The van der Waals surface area contributed by atoms with Gasteiger partial charge in [-0.25, -0.2) is 15.0 Å². The number of aliphatic hydroxyl groups excluding tert-OH is 1. The van der Waals surface area contributed by atoms with Crippen LogP contribution in [0.3, 0.4) is 0 Å². The maximum atomic E-state index is 11.6. The van der Waals surface area contributed by atoms with Gasteiger partial charge in [0.15, 0.2) is 11.5 Å². The number of esters is 1. The third kappa shape index (κ3) is 3.31. The number of carbonyl (C=O) groups is 1. The lowest BCUT2D eigenvalue weighted by atomic mass is 10.2. The summed E-state index contributed by atoms with van der Waals surface area (Å²) < 4.78 is 12.7. The van der Waals surface area contributed by atoms with E-state index in [-0.39, 0.29) is 12.6 Å². The van der Waals surface area contributed by atoms with Gasteiger partial charge >= 0.3 is 5.97 Å². The smallest absolute Gasteiger partial charge is 0.305 e. The average molecular weight is 335 g/mol. The van der Waals surface area contributed by atoms with Crippen LogP contribution in [-0.4, -0.2) is 49.4 Å². The van der Waals surface area contributed by atoms with Gasteiger partial charge in [-0.3, -0.25) is 9.36 Å². The monoisotopic (exact) mass is 335 g/mol. The van der Waals surface area contributed by atoms with Crippen molar-refractivity contribution < 1.29 is 19.4 Å². The summed E-state index contributed by atoms with van der Waals surface area (Å²) in [7, 11) is 0. The fourth-order valence-electron chi connectivity index (χ4n) is 2.69. The summed E-state index contributed by atoms with van der Waals surface area (Å²) in [5, 5.41) is 10.2. The second-order valence-electron chi connectivity index (χ2n) is 5.80.